The van der Waals surface area contributed by atoms with E-state index >= 15 is 0 Å². The molecule has 0 aromatic heterocycles. The second-order valence-electron chi connectivity index (χ2n) is 1.14. The summed E-state index contributed by atoms with van der Waals surface area (Å²) in [7, 11) is -5.28. The first-order valence-electron chi connectivity index (χ1n) is 2.21. The maximum Gasteiger partial charge on any atom is 1.00 e. The monoisotopic (exact) mass is 196 g/mol. The summed E-state index contributed by atoms with van der Waals surface area (Å²) in [5.74, 6) is 0. The van der Waals surface area contributed by atoms with Crippen LogP contribution in [0.25, 0.3) is 0 Å². The second kappa shape index (κ2) is 8.73. The molecule has 0 aromatic carbocycles. The molecule has 0 aliphatic heterocycles. The molecule has 0 aliphatic carbocycles. The SMILES string of the molecule is O=[P+](O)OCCO[P+](=O)O.[H-].[Li+]. The van der Waals surface area contributed by atoms with Crippen molar-refractivity contribution < 1.29 is 48.3 Å². The van der Waals surface area contributed by atoms with E-state index in [4.69, 9.17) is 9.79 Å². The van der Waals surface area contributed by atoms with Crippen LogP contribution >= 0.6 is 16.5 Å². The molecule has 2 N–H and O–H groups in total. The molecule has 0 aromatic rings. The van der Waals surface area contributed by atoms with E-state index in [2.05, 4.69) is 9.05 Å². The van der Waals surface area contributed by atoms with Crippen LogP contribution in [0, 0.1) is 0 Å². The Bertz CT molecular complexity index is 128. The van der Waals surface area contributed by atoms with Crippen molar-refractivity contribution in [3.63, 3.8) is 0 Å². The zero-order valence-corrected chi connectivity index (χ0v) is 7.62. The quantitative estimate of drug-likeness (QED) is 0.285. The molecule has 2 atom stereocenters. The first-order valence-corrected chi connectivity index (χ1v) is 4.47. The number of rotatable bonds is 5. The van der Waals surface area contributed by atoms with Crippen LogP contribution in [-0.2, 0) is 18.2 Å². The molecular weight excluding hydrogens is 189 g/mol. The van der Waals surface area contributed by atoms with Crippen LogP contribution in [0.3, 0.4) is 0 Å². The fourth-order valence-corrected chi connectivity index (χ4v) is 0.692. The minimum absolute atomic E-state index is 0. The van der Waals surface area contributed by atoms with Crippen molar-refractivity contribution in [2.24, 2.45) is 0 Å². The molecule has 0 saturated carbocycles. The second-order valence-corrected chi connectivity index (χ2v) is 2.61. The molecule has 0 heterocycles. The molecule has 60 valence electrons. The van der Waals surface area contributed by atoms with Gasteiger partial charge in [-0.3, -0.25) is 0 Å². The summed E-state index contributed by atoms with van der Waals surface area (Å²) in [6.07, 6.45) is 0. The average Bonchev–Trinajstić information content (AvgIpc) is 1.79. The van der Waals surface area contributed by atoms with Gasteiger partial charge in [-0.1, -0.05) is 0 Å². The summed E-state index contributed by atoms with van der Waals surface area (Å²) in [5.41, 5.74) is 0. The molecule has 11 heavy (non-hydrogen) atoms. The van der Waals surface area contributed by atoms with E-state index in [0.29, 0.717) is 0 Å². The van der Waals surface area contributed by atoms with Gasteiger partial charge in [0.1, 0.15) is 13.2 Å². The molecule has 2 unspecified atom stereocenters. The first kappa shape index (κ1) is 14.2. The van der Waals surface area contributed by atoms with Crippen molar-refractivity contribution in [2.45, 2.75) is 0 Å². The zero-order valence-electron chi connectivity index (χ0n) is 6.84. The van der Waals surface area contributed by atoms with Gasteiger partial charge in [-0.05, 0) is 0 Å². The Morgan fingerprint density at radius 2 is 1.36 bits per heavy atom. The van der Waals surface area contributed by atoms with Gasteiger partial charge < -0.3 is 1.43 Å². The maximum absolute atomic E-state index is 9.78. The summed E-state index contributed by atoms with van der Waals surface area (Å²) >= 11 is 0. The van der Waals surface area contributed by atoms with Gasteiger partial charge >= 0.3 is 35.4 Å². The maximum atomic E-state index is 9.78. The molecule has 0 fully saturated rings. The number of hydrogen-bond donors (Lipinski definition) is 2. The van der Waals surface area contributed by atoms with E-state index in [-0.39, 0.29) is 33.5 Å². The minimum Gasteiger partial charge on any atom is -1.00 e. The largest absolute Gasteiger partial charge is 1.00 e. The minimum atomic E-state index is -2.64. The van der Waals surface area contributed by atoms with Crippen LogP contribution in [0.1, 0.15) is 1.43 Å². The first-order chi connectivity index (χ1) is 4.63. The summed E-state index contributed by atoms with van der Waals surface area (Å²) in [6, 6.07) is 0. The molecule has 0 aliphatic rings. The van der Waals surface area contributed by atoms with Crippen LogP contribution in [0.2, 0.25) is 0 Å². The predicted octanol–water partition coefficient (Wildman–Crippen LogP) is -2.56. The fourth-order valence-electron chi connectivity index (χ4n) is 0.231. The van der Waals surface area contributed by atoms with Crippen molar-refractivity contribution in [2.75, 3.05) is 13.2 Å². The van der Waals surface area contributed by atoms with Gasteiger partial charge in [0.25, 0.3) is 0 Å². The zero-order chi connectivity index (χ0) is 7.98. The van der Waals surface area contributed by atoms with Crippen LogP contribution in [0.15, 0.2) is 0 Å². The summed E-state index contributed by atoms with van der Waals surface area (Å²) < 4.78 is 27.7. The topological polar surface area (TPSA) is 93.1 Å². The normalized spacial score (nSPS) is 11.8. The van der Waals surface area contributed by atoms with Crippen LogP contribution in [-0.4, -0.2) is 23.0 Å². The molecule has 0 rings (SSSR count). The summed E-state index contributed by atoms with van der Waals surface area (Å²) in [5, 5.41) is 0. The molecule has 0 bridgehead atoms. The Morgan fingerprint density at radius 3 is 1.55 bits per heavy atom. The molecule has 9 heteroatoms. The summed E-state index contributed by atoms with van der Waals surface area (Å²) in [4.78, 5) is 16.0. The molecule has 0 amide bonds. The van der Waals surface area contributed by atoms with Crippen LogP contribution in [0.4, 0.5) is 0 Å². The number of hydrogen-bond acceptors (Lipinski definition) is 4. The van der Waals surface area contributed by atoms with Crippen LogP contribution < -0.4 is 18.9 Å². The van der Waals surface area contributed by atoms with E-state index in [0.717, 1.165) is 0 Å². The van der Waals surface area contributed by atoms with Gasteiger partial charge in [0.05, 0.1) is 0 Å². The van der Waals surface area contributed by atoms with Crippen molar-refractivity contribution in [1.29, 1.82) is 0 Å². The van der Waals surface area contributed by atoms with Gasteiger partial charge in [-0.2, -0.15) is 0 Å². The Hall–Kier alpha value is 0.637. The van der Waals surface area contributed by atoms with Gasteiger partial charge in [0.15, 0.2) is 0 Å². The van der Waals surface area contributed by atoms with Crippen molar-refractivity contribution in [3.05, 3.63) is 0 Å². The van der Waals surface area contributed by atoms with Crippen molar-refractivity contribution in [1.82, 2.24) is 0 Å². The third-order valence-corrected chi connectivity index (χ3v) is 1.29. The van der Waals surface area contributed by atoms with Gasteiger partial charge in [-0.15, -0.1) is 18.8 Å². The molecule has 6 nitrogen and oxygen atoms in total. The average molecular weight is 196 g/mol. The fraction of sp³-hybridized carbons (Fsp3) is 1.00. The van der Waals surface area contributed by atoms with Crippen molar-refractivity contribution >= 4 is 16.5 Å². The molecule has 0 radical (unpaired) electrons. The van der Waals surface area contributed by atoms with E-state index < -0.39 is 16.5 Å². The van der Waals surface area contributed by atoms with Gasteiger partial charge in [0, 0.05) is 9.13 Å². The van der Waals surface area contributed by atoms with Crippen LogP contribution in [0.5, 0.6) is 0 Å². The Kier molecular flexibility index (Phi) is 11.3. The molecular formula is C2H7LiO6P2+2. The van der Waals surface area contributed by atoms with Crippen molar-refractivity contribution in [3.8, 4) is 0 Å². The predicted molar refractivity (Wildman–Crippen MR) is 32.7 cm³/mol. The molecule has 0 spiro atoms. The van der Waals surface area contributed by atoms with E-state index in [1.807, 2.05) is 0 Å². The van der Waals surface area contributed by atoms with E-state index in [1.165, 1.54) is 0 Å². The van der Waals surface area contributed by atoms with Gasteiger partial charge in [-0.25, -0.2) is 0 Å². The third-order valence-electron chi connectivity index (χ3n) is 0.487. The summed E-state index contributed by atoms with van der Waals surface area (Å²) in [6.45, 7) is -0.347. The van der Waals surface area contributed by atoms with Gasteiger partial charge in [0.2, 0.25) is 0 Å². The smallest absolute Gasteiger partial charge is 1.00 e. The molecule has 0 saturated heterocycles. The third kappa shape index (κ3) is 13.6. The standard InChI is InChI=1S/C2H4O6P2.Li.H/c3-9(4)7-1-2-8-10(5)6;;/h1-2H2;;/q;+1;-1/p+2. The van der Waals surface area contributed by atoms with E-state index in [9.17, 15) is 9.13 Å². The Morgan fingerprint density at radius 1 is 1.09 bits per heavy atom. The van der Waals surface area contributed by atoms with E-state index in [1.54, 1.807) is 0 Å². The Balaban J connectivity index is -0.000000405. The Labute approximate surface area is 78.5 Å².